The van der Waals surface area contributed by atoms with E-state index in [2.05, 4.69) is 4.74 Å². The summed E-state index contributed by atoms with van der Waals surface area (Å²) in [5.41, 5.74) is 0.721. The predicted octanol–water partition coefficient (Wildman–Crippen LogP) is 2.80. The molecule has 0 unspecified atom stereocenters. The lowest BCUT2D eigenvalue weighted by Crippen LogP contribution is -2.02. The second kappa shape index (κ2) is 3.95. The lowest BCUT2D eigenvalue weighted by molar-refractivity contribution is -0.140. The van der Waals surface area contributed by atoms with E-state index in [1.165, 1.54) is 7.11 Å². The van der Waals surface area contributed by atoms with Crippen molar-refractivity contribution in [2.24, 2.45) is 0 Å². The van der Waals surface area contributed by atoms with E-state index in [1.807, 2.05) is 0 Å². The molecule has 78 valence electrons. The van der Waals surface area contributed by atoms with Gasteiger partial charge in [0.05, 0.1) is 7.11 Å². The average molecular weight is 225 g/mol. The summed E-state index contributed by atoms with van der Waals surface area (Å²) in [6, 6.07) is 7.10. The number of rotatable bonds is 2. The van der Waals surface area contributed by atoms with Crippen molar-refractivity contribution in [2.75, 3.05) is 7.11 Å². The van der Waals surface area contributed by atoms with E-state index < -0.39 is 0 Å². The first-order valence-electron chi connectivity index (χ1n) is 4.44. The Hall–Kier alpha value is -1.48. The lowest BCUT2D eigenvalue weighted by atomic mass is 10.2. The number of furan rings is 1. The van der Waals surface area contributed by atoms with Gasteiger partial charge < -0.3 is 9.15 Å². The van der Waals surface area contributed by atoms with Crippen LogP contribution in [0.3, 0.4) is 0 Å². The van der Waals surface area contributed by atoms with Crippen LogP contribution in [0, 0.1) is 0 Å². The Kier molecular flexibility index (Phi) is 2.64. The maximum atomic E-state index is 11.0. The number of carbonyl (C=O) groups excluding carboxylic acids is 1. The molecule has 0 bridgehead atoms. The third-order valence-electron chi connectivity index (χ3n) is 2.08. The molecule has 1 aromatic heterocycles. The molecule has 0 atom stereocenters. The van der Waals surface area contributed by atoms with Gasteiger partial charge in [-0.15, -0.1) is 0 Å². The molecule has 0 N–H and O–H groups in total. The Morgan fingerprint density at radius 1 is 1.47 bits per heavy atom. The van der Waals surface area contributed by atoms with Crippen molar-refractivity contribution < 1.29 is 13.9 Å². The number of methoxy groups -OCH3 is 1. The number of ether oxygens (including phenoxy) is 1. The number of benzene rings is 1. The average Bonchev–Trinajstić information content (AvgIpc) is 2.59. The fourth-order valence-electron chi connectivity index (χ4n) is 1.37. The summed E-state index contributed by atoms with van der Waals surface area (Å²) in [5.74, 6) is 0.263. The van der Waals surface area contributed by atoms with Crippen molar-refractivity contribution in [3.05, 3.63) is 35.0 Å². The Morgan fingerprint density at radius 2 is 2.27 bits per heavy atom. The van der Waals surface area contributed by atoms with Gasteiger partial charge in [0.2, 0.25) is 0 Å². The minimum absolute atomic E-state index is 0.142. The highest BCUT2D eigenvalue weighted by atomic mass is 35.5. The highest BCUT2D eigenvalue weighted by Gasteiger charge is 2.08. The van der Waals surface area contributed by atoms with Gasteiger partial charge in [-0.1, -0.05) is 11.6 Å². The number of esters is 1. The van der Waals surface area contributed by atoms with E-state index in [1.54, 1.807) is 24.3 Å². The molecule has 0 saturated heterocycles. The fourth-order valence-corrected chi connectivity index (χ4v) is 1.55. The molecule has 0 spiro atoms. The van der Waals surface area contributed by atoms with Gasteiger partial charge in [0.1, 0.15) is 17.8 Å². The lowest BCUT2D eigenvalue weighted by Gasteiger charge is -1.93. The van der Waals surface area contributed by atoms with E-state index in [0.29, 0.717) is 10.8 Å². The predicted molar refractivity (Wildman–Crippen MR) is 56.9 cm³/mol. The number of fused-ring (bicyclic) bond motifs is 1. The van der Waals surface area contributed by atoms with Crippen LogP contribution in [-0.4, -0.2) is 13.1 Å². The Balaban J connectivity index is 2.34. The van der Waals surface area contributed by atoms with Gasteiger partial charge in [-0.2, -0.15) is 0 Å². The normalized spacial score (nSPS) is 10.5. The largest absolute Gasteiger partial charge is 0.469 e. The Morgan fingerprint density at radius 3 is 3.00 bits per heavy atom. The van der Waals surface area contributed by atoms with E-state index in [-0.39, 0.29) is 12.4 Å². The summed E-state index contributed by atoms with van der Waals surface area (Å²) in [5, 5.41) is 1.54. The van der Waals surface area contributed by atoms with Gasteiger partial charge in [-0.3, -0.25) is 4.79 Å². The van der Waals surface area contributed by atoms with E-state index in [0.717, 1.165) is 11.0 Å². The first-order chi connectivity index (χ1) is 7.19. The van der Waals surface area contributed by atoms with Crippen LogP contribution in [0.2, 0.25) is 5.02 Å². The van der Waals surface area contributed by atoms with Gasteiger partial charge >= 0.3 is 5.97 Å². The summed E-state index contributed by atoms with van der Waals surface area (Å²) in [6.45, 7) is 0. The second-order valence-corrected chi connectivity index (χ2v) is 3.58. The maximum absolute atomic E-state index is 11.0. The third kappa shape index (κ3) is 2.13. The molecular weight excluding hydrogens is 216 g/mol. The highest BCUT2D eigenvalue weighted by molar-refractivity contribution is 6.31. The molecular formula is C11H9ClO3. The van der Waals surface area contributed by atoms with Crippen LogP contribution in [0.15, 0.2) is 28.7 Å². The molecule has 0 aliphatic heterocycles. The van der Waals surface area contributed by atoms with Crippen LogP contribution in [0.5, 0.6) is 0 Å². The molecule has 0 saturated carbocycles. The Bertz CT molecular complexity index is 502. The molecule has 0 amide bonds. The van der Waals surface area contributed by atoms with Crippen molar-refractivity contribution in [1.82, 2.24) is 0 Å². The molecule has 4 heteroatoms. The van der Waals surface area contributed by atoms with Gasteiger partial charge in [-0.05, 0) is 24.3 Å². The van der Waals surface area contributed by atoms with Crippen LogP contribution in [-0.2, 0) is 16.0 Å². The summed E-state index contributed by atoms with van der Waals surface area (Å²) in [6.07, 6.45) is 0.142. The maximum Gasteiger partial charge on any atom is 0.313 e. The summed E-state index contributed by atoms with van der Waals surface area (Å²) in [4.78, 5) is 11.0. The second-order valence-electron chi connectivity index (χ2n) is 3.15. The van der Waals surface area contributed by atoms with E-state index in [9.17, 15) is 4.79 Å². The molecule has 15 heavy (non-hydrogen) atoms. The summed E-state index contributed by atoms with van der Waals surface area (Å²) in [7, 11) is 1.35. The molecule has 0 radical (unpaired) electrons. The topological polar surface area (TPSA) is 39.4 Å². The monoisotopic (exact) mass is 224 g/mol. The van der Waals surface area contributed by atoms with Crippen molar-refractivity contribution >= 4 is 28.5 Å². The molecule has 2 rings (SSSR count). The number of hydrogen-bond donors (Lipinski definition) is 0. The van der Waals surface area contributed by atoms with E-state index >= 15 is 0 Å². The van der Waals surface area contributed by atoms with Gasteiger partial charge in [-0.25, -0.2) is 0 Å². The molecule has 1 heterocycles. The third-order valence-corrected chi connectivity index (χ3v) is 2.31. The van der Waals surface area contributed by atoms with Crippen LogP contribution >= 0.6 is 11.6 Å². The van der Waals surface area contributed by atoms with E-state index in [4.69, 9.17) is 16.0 Å². The zero-order valence-electron chi connectivity index (χ0n) is 8.12. The molecule has 2 aromatic rings. The standard InChI is InChI=1S/C11H9ClO3/c1-14-11(13)6-9-5-7-4-8(12)2-3-10(7)15-9/h2-5H,6H2,1H3. The molecule has 0 aliphatic carbocycles. The van der Waals surface area contributed by atoms with Crippen LogP contribution in [0.4, 0.5) is 0 Å². The zero-order valence-corrected chi connectivity index (χ0v) is 8.88. The fraction of sp³-hybridized carbons (Fsp3) is 0.182. The Labute approximate surface area is 91.6 Å². The number of halogens is 1. The summed E-state index contributed by atoms with van der Waals surface area (Å²) < 4.78 is 9.98. The highest BCUT2D eigenvalue weighted by Crippen LogP contribution is 2.23. The zero-order chi connectivity index (χ0) is 10.8. The minimum atomic E-state index is -0.319. The molecule has 1 aromatic carbocycles. The van der Waals surface area contributed by atoms with Gasteiger partial charge in [0.25, 0.3) is 0 Å². The smallest absolute Gasteiger partial charge is 0.313 e. The van der Waals surface area contributed by atoms with Crippen molar-refractivity contribution in [3.8, 4) is 0 Å². The van der Waals surface area contributed by atoms with Crippen molar-refractivity contribution in [1.29, 1.82) is 0 Å². The number of carbonyl (C=O) groups is 1. The van der Waals surface area contributed by atoms with Crippen LogP contribution in [0.1, 0.15) is 5.76 Å². The van der Waals surface area contributed by atoms with Crippen molar-refractivity contribution in [3.63, 3.8) is 0 Å². The van der Waals surface area contributed by atoms with Crippen molar-refractivity contribution in [2.45, 2.75) is 6.42 Å². The molecule has 0 aliphatic rings. The van der Waals surface area contributed by atoms with Crippen LogP contribution in [0.25, 0.3) is 11.0 Å². The molecule has 0 fully saturated rings. The SMILES string of the molecule is COC(=O)Cc1cc2cc(Cl)ccc2o1. The van der Waals surface area contributed by atoms with Crippen LogP contribution < -0.4 is 0 Å². The molecule has 3 nitrogen and oxygen atoms in total. The van der Waals surface area contributed by atoms with Gasteiger partial charge in [0.15, 0.2) is 0 Å². The first-order valence-corrected chi connectivity index (χ1v) is 4.81. The minimum Gasteiger partial charge on any atom is -0.469 e. The quantitative estimate of drug-likeness (QED) is 0.737. The number of hydrogen-bond acceptors (Lipinski definition) is 3. The van der Waals surface area contributed by atoms with Gasteiger partial charge in [0, 0.05) is 10.4 Å². The summed E-state index contributed by atoms with van der Waals surface area (Å²) >= 11 is 5.83. The first kappa shape index (κ1) is 10.1.